The van der Waals surface area contributed by atoms with Crippen LogP contribution in [0.4, 0.5) is 0 Å². The lowest BCUT2D eigenvalue weighted by atomic mass is 10.6. The normalized spacial score (nSPS) is 28.3. The van der Waals surface area contributed by atoms with Gasteiger partial charge in [-0.25, -0.2) is 0 Å². The monoisotopic (exact) mass is 133 g/mol. The molecule has 1 rings (SSSR count). The first-order chi connectivity index (χ1) is 3.43. The van der Waals surface area contributed by atoms with Gasteiger partial charge in [-0.05, 0) is 11.5 Å². The summed E-state index contributed by atoms with van der Waals surface area (Å²) >= 11 is 0. The van der Waals surface area contributed by atoms with Gasteiger partial charge in [0.25, 0.3) is 0 Å². The lowest BCUT2D eigenvalue weighted by molar-refractivity contribution is 1.16. The van der Waals surface area contributed by atoms with Gasteiger partial charge in [0.15, 0.2) is 5.37 Å². The maximum absolute atomic E-state index is 9.67. The zero-order valence-electron chi connectivity index (χ0n) is 3.40. The average molecular weight is 133 g/mol. The van der Waals surface area contributed by atoms with Crippen LogP contribution in [0, 0.1) is 4.91 Å². The van der Waals surface area contributed by atoms with E-state index >= 15 is 0 Å². The highest BCUT2D eigenvalue weighted by atomic mass is 33.1. The molecule has 0 spiro atoms. The lowest BCUT2D eigenvalue weighted by Crippen LogP contribution is -1.81. The van der Waals surface area contributed by atoms with Gasteiger partial charge >= 0.3 is 0 Å². The third-order valence-corrected chi connectivity index (χ3v) is 2.63. The Morgan fingerprint density at radius 3 is 2.86 bits per heavy atom. The van der Waals surface area contributed by atoms with Gasteiger partial charge in [0, 0.05) is 0 Å². The molecule has 0 aromatic rings. The van der Waals surface area contributed by atoms with E-state index in [9.17, 15) is 4.91 Å². The van der Waals surface area contributed by atoms with Crippen molar-refractivity contribution >= 4 is 21.6 Å². The van der Waals surface area contributed by atoms with E-state index in [2.05, 4.69) is 5.18 Å². The summed E-state index contributed by atoms with van der Waals surface area (Å²) in [6.45, 7) is 0. The van der Waals surface area contributed by atoms with E-state index in [-0.39, 0.29) is 5.37 Å². The predicted molar refractivity (Wildman–Crippen MR) is 33.9 cm³/mol. The van der Waals surface area contributed by atoms with Crippen molar-refractivity contribution in [3.05, 3.63) is 16.4 Å². The molecule has 7 heavy (non-hydrogen) atoms. The minimum atomic E-state index is -0.134. The van der Waals surface area contributed by atoms with Crippen LogP contribution in [0.15, 0.2) is 16.7 Å². The van der Waals surface area contributed by atoms with Crippen LogP contribution in [0.5, 0.6) is 0 Å². The van der Waals surface area contributed by atoms with E-state index < -0.39 is 0 Å². The second kappa shape index (κ2) is 2.37. The van der Waals surface area contributed by atoms with E-state index in [0.717, 1.165) is 0 Å². The van der Waals surface area contributed by atoms with Crippen LogP contribution in [0.1, 0.15) is 0 Å². The van der Waals surface area contributed by atoms with Crippen molar-refractivity contribution in [3.63, 3.8) is 0 Å². The number of nitrogens with zero attached hydrogens (tertiary/aromatic N) is 1. The van der Waals surface area contributed by atoms with Crippen LogP contribution < -0.4 is 0 Å². The van der Waals surface area contributed by atoms with Gasteiger partial charge in [0.1, 0.15) is 0 Å². The summed E-state index contributed by atoms with van der Waals surface area (Å²) in [6, 6.07) is 0. The summed E-state index contributed by atoms with van der Waals surface area (Å²) in [5.41, 5.74) is 0. The van der Waals surface area contributed by atoms with Crippen LogP contribution >= 0.6 is 21.6 Å². The second-order valence-corrected chi connectivity index (χ2v) is 3.31. The highest BCUT2D eigenvalue weighted by Gasteiger charge is 2.08. The third kappa shape index (κ3) is 1.21. The van der Waals surface area contributed by atoms with E-state index in [1.54, 1.807) is 16.9 Å². The molecule has 0 radical (unpaired) electrons. The maximum Gasteiger partial charge on any atom is 0.166 e. The van der Waals surface area contributed by atoms with Crippen LogP contribution in [0.25, 0.3) is 0 Å². The largest absolute Gasteiger partial charge is 0.166 e. The van der Waals surface area contributed by atoms with Gasteiger partial charge in [0.05, 0.1) is 0 Å². The molecule has 0 amide bonds. The highest BCUT2D eigenvalue weighted by Crippen LogP contribution is 2.35. The second-order valence-electron chi connectivity index (χ2n) is 1.02. The minimum Gasteiger partial charge on any atom is -0.149 e. The van der Waals surface area contributed by atoms with Gasteiger partial charge in [-0.1, -0.05) is 26.8 Å². The average Bonchev–Trinajstić information content (AvgIpc) is 2.14. The van der Waals surface area contributed by atoms with Gasteiger partial charge in [-0.15, -0.1) is 4.91 Å². The zero-order chi connectivity index (χ0) is 5.11. The van der Waals surface area contributed by atoms with Gasteiger partial charge in [-0.3, -0.25) is 0 Å². The molecule has 1 aliphatic heterocycles. The Morgan fingerprint density at radius 1 is 1.71 bits per heavy atom. The van der Waals surface area contributed by atoms with E-state index in [1.807, 2.05) is 5.41 Å². The maximum atomic E-state index is 9.67. The van der Waals surface area contributed by atoms with Crippen LogP contribution in [-0.4, -0.2) is 5.37 Å². The van der Waals surface area contributed by atoms with Crippen LogP contribution in [0.3, 0.4) is 0 Å². The van der Waals surface area contributed by atoms with Crippen molar-refractivity contribution in [1.82, 2.24) is 0 Å². The van der Waals surface area contributed by atoms with Crippen LogP contribution in [0.2, 0.25) is 0 Å². The van der Waals surface area contributed by atoms with Crippen molar-refractivity contribution in [1.29, 1.82) is 0 Å². The van der Waals surface area contributed by atoms with Crippen molar-refractivity contribution in [3.8, 4) is 0 Å². The van der Waals surface area contributed by atoms with E-state index in [4.69, 9.17) is 0 Å². The van der Waals surface area contributed by atoms with Crippen LogP contribution in [-0.2, 0) is 0 Å². The van der Waals surface area contributed by atoms with Gasteiger partial charge in [0.2, 0.25) is 0 Å². The topological polar surface area (TPSA) is 29.4 Å². The molecule has 38 valence electrons. The molecule has 1 heterocycles. The summed E-state index contributed by atoms with van der Waals surface area (Å²) in [6.07, 6.45) is 1.78. The fourth-order valence-electron chi connectivity index (χ4n) is 0.273. The Balaban J connectivity index is 2.42. The summed E-state index contributed by atoms with van der Waals surface area (Å²) in [5.74, 6) is 0. The van der Waals surface area contributed by atoms with Gasteiger partial charge < -0.3 is 0 Å². The van der Waals surface area contributed by atoms with Crippen molar-refractivity contribution in [2.24, 2.45) is 5.18 Å². The third-order valence-electron chi connectivity index (χ3n) is 0.557. The summed E-state index contributed by atoms with van der Waals surface area (Å²) in [4.78, 5) is 9.67. The van der Waals surface area contributed by atoms with E-state index in [1.165, 1.54) is 10.8 Å². The summed E-state index contributed by atoms with van der Waals surface area (Å²) in [5, 5.41) is 4.53. The molecule has 2 nitrogen and oxygen atoms in total. The fraction of sp³-hybridized carbons (Fsp3) is 0.333. The van der Waals surface area contributed by atoms with Gasteiger partial charge in [-0.2, -0.15) is 0 Å². The minimum absolute atomic E-state index is 0.134. The Hall–Kier alpha value is 0.0400. The number of hydrogen-bond donors (Lipinski definition) is 0. The molecule has 0 fully saturated rings. The molecule has 0 saturated heterocycles. The standard InChI is InChI=1S/C3H3NOS2/c5-4-3-1-2-6-7-3/h1-3H/t3-/m0/s1. The molecular weight excluding hydrogens is 130 g/mol. The molecule has 0 unspecified atom stereocenters. The first kappa shape index (κ1) is 5.18. The number of nitroso groups, excluding NO2 is 1. The molecule has 4 heteroatoms. The SMILES string of the molecule is O=N[C@@H]1C=CSS1. The Labute approximate surface area is 49.1 Å². The molecule has 0 aromatic heterocycles. The van der Waals surface area contributed by atoms with Crippen molar-refractivity contribution in [2.45, 2.75) is 5.37 Å². The fourth-order valence-corrected chi connectivity index (χ4v) is 1.97. The highest BCUT2D eigenvalue weighted by molar-refractivity contribution is 8.78. The molecule has 0 N–H and O–H groups in total. The van der Waals surface area contributed by atoms with Crippen molar-refractivity contribution in [2.75, 3.05) is 0 Å². The number of rotatable bonds is 1. The molecule has 1 aliphatic rings. The first-order valence-corrected chi connectivity index (χ1v) is 4.02. The summed E-state index contributed by atoms with van der Waals surface area (Å²) < 4.78 is 0. The molecule has 0 aliphatic carbocycles. The quantitative estimate of drug-likeness (QED) is 0.404. The number of hydrogen-bond acceptors (Lipinski definition) is 4. The smallest absolute Gasteiger partial charge is 0.149 e. The molecule has 1 atom stereocenters. The molecular formula is C3H3NOS2. The predicted octanol–water partition coefficient (Wildman–Crippen LogP) is 1.99. The Morgan fingerprint density at radius 2 is 2.57 bits per heavy atom. The molecule has 0 aromatic carbocycles. The molecule has 0 saturated carbocycles. The first-order valence-electron chi connectivity index (χ1n) is 1.75. The Kier molecular flexibility index (Phi) is 1.76. The summed E-state index contributed by atoms with van der Waals surface area (Å²) in [7, 11) is 3.02. The zero-order valence-corrected chi connectivity index (χ0v) is 5.04. The Bertz CT molecular complexity index is 103. The van der Waals surface area contributed by atoms with E-state index in [0.29, 0.717) is 0 Å². The lowest BCUT2D eigenvalue weighted by Gasteiger charge is -1.85. The van der Waals surface area contributed by atoms with Crippen molar-refractivity contribution < 1.29 is 0 Å². The molecule has 0 bridgehead atoms.